The Bertz CT molecular complexity index is 1020. The van der Waals surface area contributed by atoms with Crippen LogP contribution in [-0.2, 0) is 0 Å². The molecular weight excluding hydrogens is 340 g/mol. The van der Waals surface area contributed by atoms with Gasteiger partial charge in [-0.2, -0.15) is 0 Å². The Morgan fingerprint density at radius 2 is 1.91 bits per heavy atom. The summed E-state index contributed by atoms with van der Waals surface area (Å²) in [4.78, 5) is 38.3. The van der Waals surface area contributed by atoms with E-state index in [-0.39, 0.29) is 26.9 Å². The second-order valence-corrected chi connectivity index (χ2v) is 6.14. The molecule has 0 aliphatic heterocycles. The Labute approximate surface area is 138 Å². The number of pyridine rings is 1. The fourth-order valence-corrected chi connectivity index (χ4v) is 3.44. The molecule has 0 spiro atoms. The molecule has 0 aliphatic rings. The van der Waals surface area contributed by atoms with Gasteiger partial charge in [0, 0.05) is 10.9 Å². The molecule has 3 rings (SSSR count). The van der Waals surface area contributed by atoms with Gasteiger partial charge in [0.05, 0.1) is 10.7 Å². The summed E-state index contributed by atoms with van der Waals surface area (Å²) in [6, 6.07) is 7.70. The van der Waals surface area contributed by atoms with Crippen molar-refractivity contribution in [2.24, 2.45) is 0 Å². The lowest BCUT2D eigenvalue weighted by atomic mass is 10.1. The van der Waals surface area contributed by atoms with Gasteiger partial charge in [0.1, 0.15) is 15.3 Å². The minimum Gasteiger partial charge on any atom is -0.477 e. The summed E-state index contributed by atoms with van der Waals surface area (Å²) < 4.78 is 0. The van der Waals surface area contributed by atoms with Crippen molar-refractivity contribution in [2.45, 2.75) is 0 Å². The van der Waals surface area contributed by atoms with Crippen LogP contribution in [0.3, 0.4) is 0 Å². The zero-order chi connectivity index (χ0) is 16.7. The average Bonchev–Trinajstić information content (AvgIpc) is 2.82. The lowest BCUT2D eigenvalue weighted by molar-refractivity contribution is 0.0695. The number of nitrogens with one attached hydrogen (secondary N) is 1. The van der Waals surface area contributed by atoms with Gasteiger partial charge in [0.15, 0.2) is 0 Å². The monoisotopic (exact) mass is 348 g/mol. The highest BCUT2D eigenvalue weighted by Crippen LogP contribution is 2.34. The van der Waals surface area contributed by atoms with Crippen LogP contribution in [0.5, 0.6) is 0 Å². The van der Waals surface area contributed by atoms with Crippen LogP contribution in [0, 0.1) is 0 Å². The summed E-state index contributed by atoms with van der Waals surface area (Å²) >= 11 is 7.01. The van der Waals surface area contributed by atoms with E-state index in [2.05, 4.69) is 4.98 Å². The number of carbonyl (C=O) groups is 2. The normalized spacial score (nSPS) is 10.8. The molecule has 116 valence electrons. The first-order chi connectivity index (χ1) is 10.9. The molecule has 0 radical (unpaired) electrons. The zero-order valence-corrected chi connectivity index (χ0v) is 13.0. The molecule has 4 N–H and O–H groups in total. The van der Waals surface area contributed by atoms with E-state index < -0.39 is 17.1 Å². The second-order valence-electron chi connectivity index (χ2n) is 4.71. The van der Waals surface area contributed by atoms with Crippen molar-refractivity contribution < 1.29 is 14.7 Å². The van der Waals surface area contributed by atoms with E-state index in [4.69, 9.17) is 22.4 Å². The Morgan fingerprint density at radius 1 is 1.22 bits per heavy atom. The number of anilines is 1. The summed E-state index contributed by atoms with van der Waals surface area (Å²) in [7, 11) is 0. The maximum absolute atomic E-state index is 12.6. The molecule has 0 fully saturated rings. The first-order valence-corrected chi connectivity index (χ1v) is 7.57. The molecule has 0 saturated heterocycles. The molecular formula is C15H9ClN2O4S. The minimum absolute atomic E-state index is 0.119. The van der Waals surface area contributed by atoms with E-state index in [9.17, 15) is 14.4 Å². The van der Waals surface area contributed by atoms with Gasteiger partial charge in [-0.3, -0.25) is 9.59 Å². The van der Waals surface area contributed by atoms with Gasteiger partial charge < -0.3 is 15.8 Å². The molecule has 0 amide bonds. The number of carboxylic acids is 1. The molecule has 0 atom stereocenters. The average molecular weight is 349 g/mol. The van der Waals surface area contributed by atoms with E-state index in [1.807, 2.05) is 0 Å². The molecule has 2 heterocycles. The number of fused-ring (bicyclic) bond motifs is 1. The van der Waals surface area contributed by atoms with E-state index in [0.717, 1.165) is 11.3 Å². The Balaban J connectivity index is 2.22. The molecule has 0 unspecified atom stereocenters. The van der Waals surface area contributed by atoms with Crippen LogP contribution in [0.25, 0.3) is 10.2 Å². The number of carboxylic acid groups (broad SMARTS) is 1. The van der Waals surface area contributed by atoms with Crippen molar-refractivity contribution in [1.29, 1.82) is 0 Å². The number of benzene rings is 1. The third-order valence-electron chi connectivity index (χ3n) is 3.30. The molecule has 2 aromatic heterocycles. The molecule has 0 bridgehead atoms. The van der Waals surface area contributed by atoms with E-state index >= 15 is 0 Å². The van der Waals surface area contributed by atoms with Crippen molar-refractivity contribution in [3.05, 3.63) is 61.7 Å². The number of aromatic carboxylic acids is 1. The molecule has 0 saturated carbocycles. The molecule has 23 heavy (non-hydrogen) atoms. The van der Waals surface area contributed by atoms with Crippen LogP contribution in [0.4, 0.5) is 5.69 Å². The van der Waals surface area contributed by atoms with Gasteiger partial charge in [-0.1, -0.05) is 23.7 Å². The predicted molar refractivity (Wildman–Crippen MR) is 88.7 cm³/mol. The molecule has 1 aromatic carbocycles. The first-order valence-electron chi connectivity index (χ1n) is 6.38. The first kappa shape index (κ1) is 15.3. The van der Waals surface area contributed by atoms with Crippen molar-refractivity contribution in [2.75, 3.05) is 5.73 Å². The van der Waals surface area contributed by atoms with Gasteiger partial charge in [0.25, 0.3) is 5.56 Å². The summed E-state index contributed by atoms with van der Waals surface area (Å²) in [5.74, 6) is -1.75. The number of halogens is 1. The number of thiophene rings is 1. The van der Waals surface area contributed by atoms with E-state index in [1.54, 1.807) is 24.3 Å². The van der Waals surface area contributed by atoms with Crippen molar-refractivity contribution in [3.8, 4) is 0 Å². The van der Waals surface area contributed by atoms with Crippen molar-refractivity contribution >= 4 is 50.6 Å². The number of rotatable bonds is 3. The lowest BCUT2D eigenvalue weighted by Gasteiger charge is -2.02. The molecule has 6 nitrogen and oxygen atoms in total. The second kappa shape index (κ2) is 5.53. The van der Waals surface area contributed by atoms with Crippen LogP contribution >= 0.6 is 22.9 Å². The number of aromatic nitrogens is 1. The van der Waals surface area contributed by atoms with E-state index in [1.165, 1.54) is 6.07 Å². The fourth-order valence-electron chi connectivity index (χ4n) is 2.17. The smallest absolute Gasteiger partial charge is 0.341 e. The summed E-state index contributed by atoms with van der Waals surface area (Å²) in [6.07, 6.45) is 0. The van der Waals surface area contributed by atoms with Crippen molar-refractivity contribution in [3.63, 3.8) is 0 Å². The fraction of sp³-hybridized carbons (Fsp3) is 0. The maximum atomic E-state index is 12.6. The highest BCUT2D eigenvalue weighted by Gasteiger charge is 2.22. The third-order valence-corrected chi connectivity index (χ3v) is 4.76. The Morgan fingerprint density at radius 3 is 2.57 bits per heavy atom. The highest BCUT2D eigenvalue weighted by atomic mass is 35.5. The maximum Gasteiger partial charge on any atom is 0.341 e. The lowest BCUT2D eigenvalue weighted by Crippen LogP contribution is -2.16. The zero-order valence-electron chi connectivity index (χ0n) is 11.4. The summed E-state index contributed by atoms with van der Waals surface area (Å²) in [5, 5.41) is 9.61. The molecule has 8 heteroatoms. The number of nitrogen functional groups attached to an aromatic ring is 1. The SMILES string of the molecule is Nc1c(C(=O)c2ccccc2Cl)sc2[nH]c(=O)c(C(=O)O)cc12. The van der Waals surface area contributed by atoms with Gasteiger partial charge >= 0.3 is 5.97 Å². The number of aromatic amines is 1. The van der Waals surface area contributed by atoms with Crippen LogP contribution in [0.15, 0.2) is 35.1 Å². The highest BCUT2D eigenvalue weighted by molar-refractivity contribution is 7.21. The number of carbonyl (C=O) groups excluding carboxylic acids is 1. The number of hydrogen-bond acceptors (Lipinski definition) is 5. The number of nitrogens with two attached hydrogens (primary N) is 1. The third kappa shape index (κ3) is 2.49. The van der Waals surface area contributed by atoms with E-state index in [0.29, 0.717) is 10.2 Å². The number of H-pyrrole nitrogens is 1. The van der Waals surface area contributed by atoms with Gasteiger partial charge in [-0.05, 0) is 18.2 Å². The number of ketones is 1. The van der Waals surface area contributed by atoms with Crippen LogP contribution in [0.2, 0.25) is 5.02 Å². The Kier molecular flexibility index (Phi) is 3.67. The standard InChI is InChI=1S/C15H9ClN2O4S/c16-9-4-2-1-3-6(9)11(19)12-10(17)7-5-8(15(21)22)13(20)18-14(7)23-12/h1-5H,17H2,(H,18,20)(H,21,22). The molecule has 0 aliphatic carbocycles. The largest absolute Gasteiger partial charge is 0.477 e. The predicted octanol–water partition coefficient (Wildman–Crippen LogP) is 2.75. The van der Waals surface area contributed by atoms with Gasteiger partial charge in [-0.25, -0.2) is 4.79 Å². The topological polar surface area (TPSA) is 113 Å². The number of hydrogen-bond donors (Lipinski definition) is 3. The van der Waals surface area contributed by atoms with Gasteiger partial charge in [0.2, 0.25) is 5.78 Å². The van der Waals surface area contributed by atoms with Crippen LogP contribution in [-0.4, -0.2) is 21.8 Å². The van der Waals surface area contributed by atoms with Crippen molar-refractivity contribution in [1.82, 2.24) is 4.98 Å². The Hall–Kier alpha value is -2.64. The minimum atomic E-state index is -1.36. The summed E-state index contributed by atoms with van der Waals surface area (Å²) in [5.41, 5.74) is 5.20. The van der Waals surface area contributed by atoms with Gasteiger partial charge in [-0.15, -0.1) is 11.3 Å². The van der Waals surface area contributed by atoms with Crippen LogP contribution in [0.1, 0.15) is 25.6 Å². The molecule has 3 aromatic rings. The summed E-state index contributed by atoms with van der Waals surface area (Å²) in [6.45, 7) is 0. The van der Waals surface area contributed by atoms with Crippen LogP contribution < -0.4 is 11.3 Å². The quantitative estimate of drug-likeness (QED) is 0.630.